The normalized spacial score (nSPS) is 11.6. The van der Waals surface area contributed by atoms with Gasteiger partial charge in [0.25, 0.3) is 0 Å². The molecule has 100 valence electrons. The van der Waals surface area contributed by atoms with Gasteiger partial charge in [-0.05, 0) is 31.0 Å². The van der Waals surface area contributed by atoms with E-state index >= 15 is 0 Å². The highest BCUT2D eigenvalue weighted by Crippen LogP contribution is 2.17. The molecule has 0 saturated heterocycles. The van der Waals surface area contributed by atoms with E-state index < -0.39 is 9.84 Å². The van der Waals surface area contributed by atoms with Gasteiger partial charge in [-0.15, -0.1) is 0 Å². The van der Waals surface area contributed by atoms with Gasteiger partial charge in [-0.3, -0.25) is 4.79 Å². The van der Waals surface area contributed by atoms with Crippen LogP contribution in [0, 0.1) is 5.92 Å². The molecule has 0 aromatic heterocycles. The van der Waals surface area contributed by atoms with E-state index in [2.05, 4.69) is 5.32 Å². The van der Waals surface area contributed by atoms with E-state index in [1.807, 2.05) is 13.8 Å². The number of hydrogen-bond donors (Lipinski definition) is 1. The molecule has 0 saturated carbocycles. The largest absolute Gasteiger partial charge is 0.326 e. The fraction of sp³-hybridized carbons (Fsp3) is 0.462. The second kappa shape index (κ2) is 6.00. The zero-order valence-electron chi connectivity index (χ0n) is 10.9. The fourth-order valence-electron chi connectivity index (χ4n) is 1.71. The van der Waals surface area contributed by atoms with Crippen molar-refractivity contribution < 1.29 is 13.2 Å². The highest BCUT2D eigenvalue weighted by Gasteiger charge is 2.15. The van der Waals surface area contributed by atoms with Crippen molar-refractivity contribution in [3.63, 3.8) is 0 Å². The third kappa shape index (κ3) is 3.84. The Bertz CT molecular complexity index is 519. The van der Waals surface area contributed by atoms with Gasteiger partial charge in [-0.25, -0.2) is 8.42 Å². The molecule has 0 unspecified atom stereocenters. The van der Waals surface area contributed by atoms with Gasteiger partial charge >= 0.3 is 0 Å². The van der Waals surface area contributed by atoms with Crippen molar-refractivity contribution in [1.82, 2.24) is 0 Å². The van der Waals surface area contributed by atoms with Crippen molar-refractivity contribution in [3.05, 3.63) is 24.3 Å². The van der Waals surface area contributed by atoms with Gasteiger partial charge in [-0.2, -0.15) is 0 Å². The van der Waals surface area contributed by atoms with Crippen molar-refractivity contribution in [2.24, 2.45) is 5.92 Å². The standard InChI is InChI=1S/C13H19NO3S/c1-4-10(5-2)13(15)14-11-7-6-8-12(9-11)18(3,16)17/h6-10H,4-5H2,1-3H3,(H,14,15). The molecule has 0 aliphatic heterocycles. The van der Waals surface area contributed by atoms with Crippen LogP contribution in [-0.4, -0.2) is 20.6 Å². The molecule has 1 aromatic carbocycles. The van der Waals surface area contributed by atoms with E-state index in [4.69, 9.17) is 0 Å². The summed E-state index contributed by atoms with van der Waals surface area (Å²) in [5.74, 6) is -0.0995. The molecule has 0 aliphatic rings. The summed E-state index contributed by atoms with van der Waals surface area (Å²) in [5.41, 5.74) is 0.523. The summed E-state index contributed by atoms with van der Waals surface area (Å²) in [6, 6.07) is 6.31. The van der Waals surface area contributed by atoms with Gasteiger partial charge in [0.1, 0.15) is 0 Å². The molecule has 1 rings (SSSR count). The molecule has 0 spiro atoms. The third-order valence-electron chi connectivity index (χ3n) is 2.89. The van der Waals surface area contributed by atoms with Crippen LogP contribution >= 0.6 is 0 Å². The molecule has 0 heterocycles. The van der Waals surface area contributed by atoms with Crippen LogP contribution in [0.1, 0.15) is 26.7 Å². The molecule has 1 aromatic rings. The summed E-state index contributed by atoms with van der Waals surface area (Å²) in [6.07, 6.45) is 2.69. The fourth-order valence-corrected chi connectivity index (χ4v) is 2.38. The van der Waals surface area contributed by atoms with Crippen molar-refractivity contribution in [3.8, 4) is 0 Å². The topological polar surface area (TPSA) is 63.2 Å². The van der Waals surface area contributed by atoms with Crippen molar-refractivity contribution in [1.29, 1.82) is 0 Å². The predicted molar refractivity (Wildman–Crippen MR) is 72.3 cm³/mol. The average Bonchev–Trinajstić information content (AvgIpc) is 2.29. The Morgan fingerprint density at radius 2 is 1.89 bits per heavy atom. The molecule has 4 nitrogen and oxygen atoms in total. The second-order valence-electron chi connectivity index (χ2n) is 4.30. The Kier molecular flexibility index (Phi) is 4.90. The number of amides is 1. The summed E-state index contributed by atoms with van der Waals surface area (Å²) in [6.45, 7) is 3.92. The Morgan fingerprint density at radius 1 is 1.28 bits per heavy atom. The molecular weight excluding hydrogens is 250 g/mol. The van der Waals surface area contributed by atoms with Crippen LogP contribution in [0.2, 0.25) is 0 Å². The van der Waals surface area contributed by atoms with Crippen LogP contribution in [0.3, 0.4) is 0 Å². The molecule has 0 bridgehead atoms. The highest BCUT2D eigenvalue weighted by molar-refractivity contribution is 7.90. The van der Waals surface area contributed by atoms with Gasteiger partial charge in [0.15, 0.2) is 9.84 Å². The van der Waals surface area contributed by atoms with Crippen LogP contribution < -0.4 is 5.32 Å². The molecule has 0 atom stereocenters. The van der Waals surface area contributed by atoms with Crippen LogP contribution in [0.15, 0.2) is 29.2 Å². The van der Waals surface area contributed by atoms with Crippen molar-refractivity contribution in [2.75, 3.05) is 11.6 Å². The first-order valence-electron chi connectivity index (χ1n) is 5.99. The Labute approximate surface area is 108 Å². The lowest BCUT2D eigenvalue weighted by Gasteiger charge is -2.13. The van der Waals surface area contributed by atoms with Crippen molar-refractivity contribution >= 4 is 21.4 Å². The number of hydrogen-bond acceptors (Lipinski definition) is 3. The summed E-state index contributed by atoms with van der Waals surface area (Å²) in [5, 5.41) is 2.75. The van der Waals surface area contributed by atoms with Gasteiger partial charge < -0.3 is 5.32 Å². The first-order valence-corrected chi connectivity index (χ1v) is 7.88. The molecule has 0 aliphatic carbocycles. The monoisotopic (exact) mass is 269 g/mol. The summed E-state index contributed by atoms with van der Waals surface area (Å²) in [7, 11) is -3.24. The molecule has 18 heavy (non-hydrogen) atoms. The van der Waals surface area contributed by atoms with Crippen LogP contribution in [0.25, 0.3) is 0 Å². The first kappa shape index (κ1) is 14.7. The predicted octanol–water partition coefficient (Wildman–Crippen LogP) is 2.46. The van der Waals surface area contributed by atoms with E-state index in [1.165, 1.54) is 12.1 Å². The lowest BCUT2D eigenvalue weighted by atomic mass is 10.0. The maximum Gasteiger partial charge on any atom is 0.227 e. The quantitative estimate of drug-likeness (QED) is 0.893. The highest BCUT2D eigenvalue weighted by atomic mass is 32.2. The number of nitrogens with one attached hydrogen (secondary N) is 1. The van der Waals surface area contributed by atoms with E-state index in [0.717, 1.165) is 19.1 Å². The van der Waals surface area contributed by atoms with Crippen molar-refractivity contribution in [2.45, 2.75) is 31.6 Å². The number of carbonyl (C=O) groups excluding carboxylic acids is 1. The molecule has 1 amide bonds. The minimum absolute atomic E-state index is 0.0353. The number of anilines is 1. The van der Waals surface area contributed by atoms with Crippen LogP contribution in [-0.2, 0) is 14.6 Å². The molecule has 0 fully saturated rings. The van der Waals surface area contributed by atoms with Gasteiger partial charge in [-0.1, -0.05) is 19.9 Å². The van der Waals surface area contributed by atoms with Crippen LogP contribution in [0.5, 0.6) is 0 Å². The molecular formula is C13H19NO3S. The maximum atomic E-state index is 11.9. The third-order valence-corrected chi connectivity index (χ3v) is 4.00. The smallest absolute Gasteiger partial charge is 0.227 e. The maximum absolute atomic E-state index is 11.9. The summed E-state index contributed by atoms with van der Waals surface area (Å²) < 4.78 is 22.8. The SMILES string of the molecule is CCC(CC)C(=O)Nc1cccc(S(C)(=O)=O)c1. The number of benzene rings is 1. The molecule has 5 heteroatoms. The number of sulfone groups is 1. The van der Waals surface area contributed by atoms with Gasteiger partial charge in [0, 0.05) is 17.9 Å². The van der Waals surface area contributed by atoms with E-state index in [0.29, 0.717) is 5.69 Å². The minimum Gasteiger partial charge on any atom is -0.326 e. The zero-order valence-corrected chi connectivity index (χ0v) is 11.8. The lowest BCUT2D eigenvalue weighted by molar-refractivity contribution is -0.120. The summed E-state index contributed by atoms with van der Waals surface area (Å²) in [4.78, 5) is 12.1. The first-order chi connectivity index (χ1) is 8.38. The Hall–Kier alpha value is -1.36. The Balaban J connectivity index is 2.89. The minimum atomic E-state index is -3.24. The van der Waals surface area contributed by atoms with E-state index in [1.54, 1.807) is 12.1 Å². The summed E-state index contributed by atoms with van der Waals surface area (Å²) >= 11 is 0. The zero-order chi connectivity index (χ0) is 13.8. The average molecular weight is 269 g/mol. The Morgan fingerprint density at radius 3 is 2.39 bits per heavy atom. The number of rotatable bonds is 5. The van der Waals surface area contributed by atoms with Gasteiger partial charge in [0.05, 0.1) is 4.90 Å². The lowest BCUT2D eigenvalue weighted by Crippen LogP contribution is -2.21. The number of carbonyl (C=O) groups is 1. The second-order valence-corrected chi connectivity index (χ2v) is 6.32. The molecule has 0 radical (unpaired) electrons. The molecule has 1 N–H and O–H groups in total. The van der Waals surface area contributed by atoms with E-state index in [-0.39, 0.29) is 16.7 Å². The van der Waals surface area contributed by atoms with Crippen LogP contribution in [0.4, 0.5) is 5.69 Å². The van der Waals surface area contributed by atoms with Gasteiger partial charge in [0.2, 0.25) is 5.91 Å². The van der Waals surface area contributed by atoms with E-state index in [9.17, 15) is 13.2 Å².